The van der Waals surface area contributed by atoms with E-state index in [4.69, 9.17) is 14.9 Å². The number of hydrogen-bond donors (Lipinski definition) is 2. The first kappa shape index (κ1) is 17.5. The molecule has 3 N–H and O–H groups in total. The number of alkyl halides is 3. The molecule has 7 nitrogen and oxygen atoms in total. The first-order valence-electron chi connectivity index (χ1n) is 7.88. The van der Waals surface area contributed by atoms with Crippen LogP contribution in [0.25, 0.3) is 11.6 Å². The molecule has 1 aliphatic heterocycles. The van der Waals surface area contributed by atoms with E-state index in [1.165, 1.54) is 0 Å². The zero-order valence-electron chi connectivity index (χ0n) is 13.2. The molecule has 0 saturated carbocycles. The average molecular weight is 358 g/mol. The number of nitrogens with two attached hydrogens (primary N) is 1. The summed E-state index contributed by atoms with van der Waals surface area (Å²) in [5.41, 5.74) is 4.27. The Bertz CT molecular complexity index is 748. The van der Waals surface area contributed by atoms with Crippen molar-refractivity contribution >= 4 is 5.69 Å². The standard InChI is InChI=1S/C15H17F3N4O3/c16-15(17,18)8-7-9(19)11-14-22-21-13(25-14)10(23)5-3-1-2-4-6-24-12(8)20-11/h7,10,23H,1-6,19H2. The van der Waals surface area contributed by atoms with Gasteiger partial charge in [-0.25, -0.2) is 4.98 Å². The van der Waals surface area contributed by atoms with Crippen LogP contribution in [-0.4, -0.2) is 26.9 Å². The van der Waals surface area contributed by atoms with Crippen LogP contribution in [0.3, 0.4) is 0 Å². The van der Waals surface area contributed by atoms with Gasteiger partial charge in [-0.2, -0.15) is 13.2 Å². The Morgan fingerprint density at radius 2 is 1.92 bits per heavy atom. The highest BCUT2D eigenvalue weighted by molar-refractivity contribution is 5.68. The van der Waals surface area contributed by atoms with E-state index in [2.05, 4.69) is 15.2 Å². The lowest BCUT2D eigenvalue weighted by atomic mass is 10.1. The van der Waals surface area contributed by atoms with Gasteiger partial charge in [0.2, 0.25) is 11.8 Å². The van der Waals surface area contributed by atoms with Crippen LogP contribution in [0.4, 0.5) is 18.9 Å². The smallest absolute Gasteiger partial charge is 0.421 e. The van der Waals surface area contributed by atoms with Gasteiger partial charge >= 0.3 is 6.18 Å². The third-order valence-corrected chi connectivity index (χ3v) is 3.86. The third-order valence-electron chi connectivity index (χ3n) is 3.86. The van der Waals surface area contributed by atoms with E-state index in [1.807, 2.05) is 0 Å². The van der Waals surface area contributed by atoms with E-state index < -0.39 is 23.7 Å². The number of rotatable bonds is 0. The Morgan fingerprint density at radius 1 is 1.16 bits per heavy atom. The summed E-state index contributed by atoms with van der Waals surface area (Å²) < 4.78 is 50.2. The van der Waals surface area contributed by atoms with Gasteiger partial charge in [0.05, 0.1) is 12.3 Å². The Kier molecular flexibility index (Phi) is 4.80. The van der Waals surface area contributed by atoms with Gasteiger partial charge in [0.25, 0.3) is 5.89 Å². The largest absolute Gasteiger partial charge is 0.477 e. The van der Waals surface area contributed by atoms with Crippen LogP contribution >= 0.6 is 0 Å². The number of aliphatic hydroxyl groups excluding tert-OH is 1. The molecule has 4 bridgehead atoms. The van der Waals surface area contributed by atoms with Gasteiger partial charge in [-0.3, -0.25) is 0 Å². The predicted molar refractivity (Wildman–Crippen MR) is 80.5 cm³/mol. The molecule has 2 aromatic heterocycles. The molecule has 10 heteroatoms. The molecule has 0 aromatic carbocycles. The van der Waals surface area contributed by atoms with Crippen LogP contribution in [0.5, 0.6) is 5.88 Å². The molecule has 3 rings (SSSR count). The fourth-order valence-corrected chi connectivity index (χ4v) is 2.55. The Hall–Kier alpha value is -2.36. The van der Waals surface area contributed by atoms with Crippen molar-refractivity contribution in [3.63, 3.8) is 0 Å². The molecule has 2 aromatic rings. The van der Waals surface area contributed by atoms with Crippen LogP contribution in [0, 0.1) is 0 Å². The van der Waals surface area contributed by atoms with Gasteiger partial charge in [0.1, 0.15) is 11.7 Å². The highest BCUT2D eigenvalue weighted by Crippen LogP contribution is 2.39. The number of aliphatic hydroxyl groups is 1. The maximum absolute atomic E-state index is 13.2. The van der Waals surface area contributed by atoms with E-state index in [-0.39, 0.29) is 29.8 Å². The fourth-order valence-electron chi connectivity index (χ4n) is 2.55. The minimum atomic E-state index is -4.66. The van der Waals surface area contributed by atoms with Crippen molar-refractivity contribution in [2.75, 3.05) is 12.3 Å². The fraction of sp³-hybridized carbons (Fsp3) is 0.533. The Balaban J connectivity index is 2.07. The summed E-state index contributed by atoms with van der Waals surface area (Å²) in [5, 5.41) is 17.5. The van der Waals surface area contributed by atoms with Gasteiger partial charge in [0, 0.05) is 0 Å². The van der Waals surface area contributed by atoms with Crippen LogP contribution < -0.4 is 10.5 Å². The van der Waals surface area contributed by atoms with Crippen molar-refractivity contribution in [3.05, 3.63) is 17.5 Å². The SMILES string of the molecule is Nc1cc(C(F)(F)F)c2nc1-c1nnc(o1)C(O)CCCCCCO2. The van der Waals surface area contributed by atoms with Crippen LogP contribution in [0.1, 0.15) is 49.7 Å². The summed E-state index contributed by atoms with van der Waals surface area (Å²) in [5.74, 6) is -0.758. The zero-order valence-corrected chi connectivity index (χ0v) is 13.2. The molecule has 1 unspecified atom stereocenters. The Morgan fingerprint density at radius 3 is 2.68 bits per heavy atom. The van der Waals surface area contributed by atoms with E-state index in [0.717, 1.165) is 25.3 Å². The number of ether oxygens (including phenoxy) is 1. The zero-order chi connectivity index (χ0) is 18.0. The van der Waals surface area contributed by atoms with Crippen LogP contribution in [-0.2, 0) is 6.18 Å². The summed E-state index contributed by atoms with van der Waals surface area (Å²) in [6.07, 6.45) is -2.29. The van der Waals surface area contributed by atoms with Crippen molar-refractivity contribution < 1.29 is 27.4 Å². The average Bonchev–Trinajstić information content (AvgIpc) is 3.02. The lowest BCUT2D eigenvalue weighted by Crippen LogP contribution is -2.13. The number of fused-ring (bicyclic) bond motifs is 5. The second kappa shape index (κ2) is 6.87. The topological polar surface area (TPSA) is 107 Å². The van der Waals surface area contributed by atoms with E-state index >= 15 is 0 Å². The summed E-state index contributed by atoms with van der Waals surface area (Å²) >= 11 is 0. The minimum absolute atomic E-state index is 0.0179. The Labute approximate surface area is 141 Å². The van der Waals surface area contributed by atoms with Gasteiger partial charge < -0.3 is 20.0 Å². The van der Waals surface area contributed by atoms with Crippen molar-refractivity contribution in [2.24, 2.45) is 0 Å². The van der Waals surface area contributed by atoms with Crippen molar-refractivity contribution in [3.8, 4) is 17.5 Å². The van der Waals surface area contributed by atoms with Gasteiger partial charge in [-0.15, -0.1) is 10.2 Å². The number of halogens is 3. The maximum atomic E-state index is 13.2. The van der Waals surface area contributed by atoms with E-state index in [0.29, 0.717) is 12.8 Å². The minimum Gasteiger partial charge on any atom is -0.477 e. The monoisotopic (exact) mass is 358 g/mol. The molecule has 0 amide bonds. The molecular formula is C15H17F3N4O3. The molecule has 136 valence electrons. The highest BCUT2D eigenvalue weighted by Gasteiger charge is 2.37. The number of anilines is 1. The van der Waals surface area contributed by atoms with Crippen LogP contribution in [0.2, 0.25) is 0 Å². The quantitative estimate of drug-likeness (QED) is 0.745. The number of aromatic nitrogens is 3. The number of hydrogen-bond acceptors (Lipinski definition) is 7. The van der Waals surface area contributed by atoms with E-state index in [1.54, 1.807) is 0 Å². The summed E-state index contributed by atoms with van der Waals surface area (Å²) in [7, 11) is 0. The molecule has 0 radical (unpaired) electrons. The lowest BCUT2D eigenvalue weighted by Gasteiger charge is -2.15. The maximum Gasteiger partial charge on any atom is 0.421 e. The molecule has 0 saturated heterocycles. The molecule has 25 heavy (non-hydrogen) atoms. The predicted octanol–water partition coefficient (Wildman–Crippen LogP) is 3.11. The van der Waals surface area contributed by atoms with Gasteiger partial charge in [-0.05, 0) is 18.9 Å². The number of nitrogen functional groups attached to an aromatic ring is 1. The van der Waals surface area contributed by atoms with Gasteiger partial charge in [0.15, 0.2) is 5.69 Å². The highest BCUT2D eigenvalue weighted by atomic mass is 19.4. The number of nitrogens with zero attached hydrogens (tertiary/aromatic N) is 3. The molecule has 1 aliphatic rings. The molecule has 0 fully saturated rings. The first-order valence-corrected chi connectivity index (χ1v) is 7.88. The summed E-state index contributed by atoms with van der Waals surface area (Å²) in [4.78, 5) is 3.85. The lowest BCUT2D eigenvalue weighted by molar-refractivity contribution is -0.139. The first-order chi connectivity index (χ1) is 11.9. The molecular weight excluding hydrogens is 341 g/mol. The summed E-state index contributed by atoms with van der Waals surface area (Å²) in [6, 6.07) is 0.740. The van der Waals surface area contributed by atoms with E-state index in [9.17, 15) is 18.3 Å². The van der Waals surface area contributed by atoms with Crippen LogP contribution in [0.15, 0.2) is 10.5 Å². The third kappa shape index (κ3) is 3.84. The summed E-state index contributed by atoms with van der Waals surface area (Å²) in [6.45, 7) is 0.0943. The molecule has 3 heterocycles. The van der Waals surface area contributed by atoms with Crippen molar-refractivity contribution in [2.45, 2.75) is 44.4 Å². The molecule has 0 aliphatic carbocycles. The number of pyridine rings is 1. The van der Waals surface area contributed by atoms with Gasteiger partial charge in [-0.1, -0.05) is 19.3 Å². The van der Waals surface area contributed by atoms with Crippen molar-refractivity contribution in [1.29, 1.82) is 0 Å². The second-order valence-corrected chi connectivity index (χ2v) is 5.79. The second-order valence-electron chi connectivity index (χ2n) is 5.79. The molecule has 0 spiro atoms. The normalized spacial score (nSPS) is 19.1. The molecule has 1 atom stereocenters. The van der Waals surface area contributed by atoms with Crippen molar-refractivity contribution in [1.82, 2.24) is 15.2 Å².